The molecule has 4 aliphatic rings. The third-order valence-corrected chi connectivity index (χ3v) is 7.72. The number of nitrogens with zero attached hydrogens (tertiary/aromatic N) is 4. The maximum absolute atomic E-state index is 5.38. The molecule has 2 aliphatic carbocycles. The highest BCUT2D eigenvalue weighted by atomic mass is 15.4. The van der Waals surface area contributed by atoms with Crippen molar-refractivity contribution in [3.63, 3.8) is 0 Å². The van der Waals surface area contributed by atoms with Crippen molar-refractivity contribution in [2.75, 3.05) is 13.1 Å². The molecule has 4 nitrogen and oxygen atoms in total. The Bertz CT molecular complexity index is 529. The quantitative estimate of drug-likeness (QED) is 0.656. The molecule has 0 N–H and O–H groups in total. The second-order valence-corrected chi connectivity index (χ2v) is 10.3. The van der Waals surface area contributed by atoms with Gasteiger partial charge in [-0.15, -0.1) is 0 Å². The van der Waals surface area contributed by atoms with Crippen LogP contribution in [0.25, 0.3) is 0 Å². The highest BCUT2D eigenvalue weighted by Gasteiger charge is 2.41. The third kappa shape index (κ3) is 4.11. The molecule has 2 fully saturated rings. The summed E-state index contributed by atoms with van der Waals surface area (Å²) in [6.07, 6.45) is 13.9. The van der Waals surface area contributed by atoms with Crippen LogP contribution in [0.15, 0.2) is 9.98 Å². The van der Waals surface area contributed by atoms with Gasteiger partial charge in [-0.3, -0.25) is 9.98 Å². The lowest BCUT2D eigenvalue weighted by atomic mass is 9.84. The molecule has 0 unspecified atom stereocenters. The van der Waals surface area contributed by atoms with E-state index >= 15 is 0 Å². The molecule has 0 saturated heterocycles. The molecule has 0 radical (unpaired) electrons. The summed E-state index contributed by atoms with van der Waals surface area (Å²) in [7, 11) is 0. The van der Waals surface area contributed by atoms with Crippen LogP contribution in [0.3, 0.4) is 0 Å². The molecule has 28 heavy (non-hydrogen) atoms. The van der Waals surface area contributed by atoms with Crippen molar-refractivity contribution >= 4 is 11.7 Å². The Morgan fingerprint density at radius 3 is 1.29 bits per heavy atom. The van der Waals surface area contributed by atoms with Gasteiger partial charge >= 0.3 is 0 Å². The van der Waals surface area contributed by atoms with Crippen molar-refractivity contribution in [2.24, 2.45) is 21.8 Å². The lowest BCUT2D eigenvalue weighted by molar-refractivity contribution is 0.264. The number of aliphatic imine (C=N–C) groups is 2. The van der Waals surface area contributed by atoms with Gasteiger partial charge in [0.2, 0.25) is 0 Å². The van der Waals surface area contributed by atoms with Crippen LogP contribution in [-0.4, -0.2) is 58.7 Å². The van der Waals surface area contributed by atoms with E-state index in [1.807, 2.05) is 0 Å². The van der Waals surface area contributed by atoms with Gasteiger partial charge in [0.15, 0.2) is 11.7 Å². The summed E-state index contributed by atoms with van der Waals surface area (Å²) < 4.78 is 0. The highest BCUT2D eigenvalue weighted by molar-refractivity contribution is 6.41. The minimum Gasteiger partial charge on any atom is -0.349 e. The fourth-order valence-electron chi connectivity index (χ4n) is 5.95. The van der Waals surface area contributed by atoms with Crippen LogP contribution in [0, 0.1) is 11.8 Å². The van der Waals surface area contributed by atoms with Gasteiger partial charge in [-0.1, -0.05) is 38.5 Å². The molecule has 0 bridgehead atoms. The van der Waals surface area contributed by atoms with Gasteiger partial charge in [-0.25, -0.2) is 0 Å². The van der Waals surface area contributed by atoms with E-state index in [0.29, 0.717) is 24.2 Å². The zero-order valence-electron chi connectivity index (χ0n) is 18.7. The maximum Gasteiger partial charge on any atom is 0.167 e. The molecule has 2 atom stereocenters. The normalized spacial score (nSPS) is 30.5. The van der Waals surface area contributed by atoms with E-state index in [4.69, 9.17) is 9.98 Å². The van der Waals surface area contributed by atoms with E-state index in [0.717, 1.165) is 24.9 Å². The van der Waals surface area contributed by atoms with Gasteiger partial charge in [0.1, 0.15) is 0 Å². The Morgan fingerprint density at radius 2 is 0.964 bits per heavy atom. The SMILES string of the molecule is CC(C)N1C[C@H](C2CCCCC2)N=C1C1=N[C@@H](C2CCCCC2)CN1C(C)C. The van der Waals surface area contributed by atoms with Crippen LogP contribution in [0.5, 0.6) is 0 Å². The molecule has 0 amide bonds. The van der Waals surface area contributed by atoms with Gasteiger partial charge in [-0.05, 0) is 65.2 Å². The second-order valence-electron chi connectivity index (χ2n) is 10.3. The Morgan fingerprint density at radius 1 is 0.607 bits per heavy atom. The summed E-state index contributed by atoms with van der Waals surface area (Å²) in [6, 6.07) is 1.97. The summed E-state index contributed by atoms with van der Waals surface area (Å²) in [6.45, 7) is 11.5. The van der Waals surface area contributed by atoms with E-state index in [9.17, 15) is 0 Å². The summed E-state index contributed by atoms with van der Waals surface area (Å²) >= 11 is 0. The van der Waals surface area contributed by atoms with E-state index in [2.05, 4.69) is 37.5 Å². The number of amidine groups is 2. The molecule has 0 aromatic rings. The molecule has 158 valence electrons. The van der Waals surface area contributed by atoms with Crippen LogP contribution in [0.2, 0.25) is 0 Å². The standard InChI is InChI=1S/C24H42N4/c1-17(2)27-15-21(19-11-7-5-8-12-19)25-23(27)24-26-22(16-28(24)18(3)4)20-13-9-6-10-14-20/h17-22H,5-16H2,1-4H3/t21-,22-/m1/s1. The highest BCUT2D eigenvalue weighted by Crippen LogP contribution is 2.35. The van der Waals surface area contributed by atoms with Crippen molar-refractivity contribution in [3.8, 4) is 0 Å². The lowest BCUT2D eigenvalue weighted by Crippen LogP contribution is -2.47. The first-order chi connectivity index (χ1) is 13.5. The van der Waals surface area contributed by atoms with Crippen molar-refractivity contribution < 1.29 is 0 Å². The molecule has 4 heteroatoms. The summed E-state index contributed by atoms with van der Waals surface area (Å²) in [5.74, 6) is 4.02. The predicted molar refractivity (Wildman–Crippen MR) is 119 cm³/mol. The van der Waals surface area contributed by atoms with Gasteiger partial charge in [-0.2, -0.15) is 0 Å². The summed E-state index contributed by atoms with van der Waals surface area (Å²) in [4.78, 5) is 15.9. The maximum atomic E-state index is 5.38. The van der Waals surface area contributed by atoms with E-state index in [1.165, 1.54) is 75.9 Å². The Labute approximate surface area is 172 Å². The first-order valence-electron chi connectivity index (χ1n) is 12.2. The van der Waals surface area contributed by atoms with Gasteiger partial charge in [0.25, 0.3) is 0 Å². The molecular weight excluding hydrogens is 344 g/mol. The molecule has 0 aromatic carbocycles. The molecule has 0 aromatic heterocycles. The average molecular weight is 387 g/mol. The van der Waals surface area contributed by atoms with Crippen molar-refractivity contribution in [3.05, 3.63) is 0 Å². The van der Waals surface area contributed by atoms with E-state index in [1.54, 1.807) is 0 Å². The van der Waals surface area contributed by atoms with E-state index < -0.39 is 0 Å². The molecule has 2 heterocycles. The minimum atomic E-state index is 0.489. The Kier molecular flexibility index (Phi) is 6.32. The number of hydrogen-bond donors (Lipinski definition) is 0. The Balaban J connectivity index is 1.59. The van der Waals surface area contributed by atoms with Crippen LogP contribution in [0.1, 0.15) is 91.9 Å². The zero-order chi connectivity index (χ0) is 19.7. The smallest absolute Gasteiger partial charge is 0.167 e. The van der Waals surface area contributed by atoms with Crippen LogP contribution < -0.4 is 0 Å². The molecular formula is C24H42N4. The molecule has 4 rings (SSSR count). The summed E-state index contributed by atoms with van der Waals surface area (Å²) in [5, 5.41) is 0. The Hall–Kier alpha value is -1.06. The zero-order valence-corrected chi connectivity index (χ0v) is 18.7. The van der Waals surface area contributed by atoms with Crippen molar-refractivity contribution in [1.29, 1.82) is 0 Å². The molecule has 0 spiro atoms. The number of rotatable bonds is 5. The van der Waals surface area contributed by atoms with Crippen LogP contribution in [-0.2, 0) is 0 Å². The fourth-order valence-corrected chi connectivity index (χ4v) is 5.95. The first-order valence-corrected chi connectivity index (χ1v) is 12.2. The van der Waals surface area contributed by atoms with Gasteiger partial charge in [0, 0.05) is 25.2 Å². The fraction of sp³-hybridized carbons (Fsp3) is 0.917. The molecule has 2 aliphatic heterocycles. The van der Waals surface area contributed by atoms with Crippen molar-refractivity contribution in [2.45, 2.75) is 116 Å². The topological polar surface area (TPSA) is 31.2 Å². The largest absolute Gasteiger partial charge is 0.349 e. The monoisotopic (exact) mass is 386 g/mol. The van der Waals surface area contributed by atoms with E-state index in [-0.39, 0.29) is 0 Å². The lowest BCUT2D eigenvalue weighted by Gasteiger charge is -2.32. The van der Waals surface area contributed by atoms with Crippen LogP contribution in [0.4, 0.5) is 0 Å². The van der Waals surface area contributed by atoms with Crippen molar-refractivity contribution in [1.82, 2.24) is 9.80 Å². The van der Waals surface area contributed by atoms with Crippen LogP contribution >= 0.6 is 0 Å². The number of hydrogen-bond acceptors (Lipinski definition) is 4. The summed E-state index contributed by atoms with van der Waals surface area (Å²) in [5.41, 5.74) is 0. The predicted octanol–water partition coefficient (Wildman–Crippen LogP) is 5.13. The van der Waals surface area contributed by atoms with Gasteiger partial charge in [0.05, 0.1) is 12.1 Å². The minimum absolute atomic E-state index is 0.489. The molecule has 2 saturated carbocycles. The van der Waals surface area contributed by atoms with Gasteiger partial charge < -0.3 is 9.80 Å². The first kappa shape index (κ1) is 20.2. The average Bonchev–Trinajstić information content (AvgIpc) is 3.34. The second kappa shape index (κ2) is 8.75. The third-order valence-electron chi connectivity index (χ3n) is 7.72.